The highest BCUT2D eigenvalue weighted by atomic mass is 16.1. The number of primary amides is 1. The first-order valence-electron chi connectivity index (χ1n) is 7.16. The van der Waals surface area contributed by atoms with Crippen LogP contribution < -0.4 is 11.1 Å². The van der Waals surface area contributed by atoms with Crippen LogP contribution in [0.25, 0.3) is 0 Å². The van der Waals surface area contributed by atoms with Gasteiger partial charge in [0.1, 0.15) is 6.54 Å². The Morgan fingerprint density at radius 3 is 2.67 bits per heavy atom. The van der Waals surface area contributed by atoms with Crippen molar-refractivity contribution in [2.45, 2.75) is 26.3 Å². The molecule has 1 aromatic heterocycles. The molecule has 1 aromatic carbocycles. The number of nitrogens with two attached hydrogens (primary N) is 1. The van der Waals surface area contributed by atoms with Crippen LogP contribution in [-0.4, -0.2) is 22.2 Å². The zero-order valence-corrected chi connectivity index (χ0v) is 12.5. The van der Waals surface area contributed by atoms with E-state index in [0.717, 1.165) is 12.2 Å². The minimum atomic E-state index is -0.394. The van der Waals surface area contributed by atoms with Crippen LogP contribution in [0.3, 0.4) is 0 Å². The first-order chi connectivity index (χ1) is 10.1. The zero-order valence-electron chi connectivity index (χ0n) is 12.5. The van der Waals surface area contributed by atoms with Crippen LogP contribution >= 0.6 is 0 Å². The van der Waals surface area contributed by atoms with E-state index in [1.165, 1.54) is 10.2 Å². The van der Waals surface area contributed by atoms with Crippen LogP contribution in [0, 0.1) is 5.92 Å². The molecule has 0 saturated carbocycles. The number of benzene rings is 1. The Balaban J connectivity index is 1.99. The topological polar surface area (TPSA) is 72.9 Å². The van der Waals surface area contributed by atoms with Gasteiger partial charge < -0.3 is 11.1 Å². The number of hydrogen-bond acceptors (Lipinski definition) is 3. The SMILES string of the molecule is CC(C)C(CNc1cnn(CC(N)=O)c1)c1ccccc1. The summed E-state index contributed by atoms with van der Waals surface area (Å²) in [5.41, 5.74) is 7.38. The van der Waals surface area contributed by atoms with Crippen molar-refractivity contribution >= 4 is 11.6 Å². The third-order valence-electron chi connectivity index (χ3n) is 3.51. The van der Waals surface area contributed by atoms with Crippen molar-refractivity contribution in [2.24, 2.45) is 11.7 Å². The van der Waals surface area contributed by atoms with Gasteiger partial charge in [0.15, 0.2) is 0 Å². The van der Waals surface area contributed by atoms with Crippen LogP contribution in [0.4, 0.5) is 5.69 Å². The Morgan fingerprint density at radius 1 is 1.33 bits per heavy atom. The lowest BCUT2D eigenvalue weighted by Gasteiger charge is -2.22. The molecule has 5 heteroatoms. The zero-order chi connectivity index (χ0) is 15.2. The van der Waals surface area contributed by atoms with E-state index in [2.05, 4.69) is 48.5 Å². The second-order valence-electron chi connectivity index (χ2n) is 5.53. The average molecular weight is 286 g/mol. The average Bonchev–Trinajstić information content (AvgIpc) is 2.86. The fraction of sp³-hybridized carbons (Fsp3) is 0.375. The van der Waals surface area contributed by atoms with Crippen molar-refractivity contribution in [1.82, 2.24) is 9.78 Å². The quantitative estimate of drug-likeness (QED) is 0.819. The second kappa shape index (κ2) is 6.92. The molecule has 2 rings (SSSR count). The van der Waals surface area contributed by atoms with Crippen molar-refractivity contribution in [1.29, 1.82) is 0 Å². The molecular weight excluding hydrogens is 264 g/mol. The highest BCUT2D eigenvalue weighted by Crippen LogP contribution is 2.24. The highest BCUT2D eigenvalue weighted by Gasteiger charge is 2.15. The van der Waals surface area contributed by atoms with E-state index in [4.69, 9.17) is 5.73 Å². The molecule has 3 N–H and O–H groups in total. The number of nitrogens with one attached hydrogen (secondary N) is 1. The molecule has 0 saturated heterocycles. The monoisotopic (exact) mass is 286 g/mol. The molecule has 0 radical (unpaired) electrons. The molecule has 0 aliphatic rings. The smallest absolute Gasteiger partial charge is 0.239 e. The van der Waals surface area contributed by atoms with Gasteiger partial charge in [-0.25, -0.2) is 0 Å². The summed E-state index contributed by atoms with van der Waals surface area (Å²) in [4.78, 5) is 10.9. The molecule has 1 unspecified atom stereocenters. The Labute approximate surface area is 125 Å². The Bertz CT molecular complexity index is 577. The predicted molar refractivity (Wildman–Crippen MR) is 83.9 cm³/mol. The van der Waals surface area contributed by atoms with Crippen molar-refractivity contribution in [3.63, 3.8) is 0 Å². The normalized spacial score (nSPS) is 12.3. The highest BCUT2D eigenvalue weighted by molar-refractivity contribution is 5.73. The Kier molecular flexibility index (Phi) is 4.98. The van der Waals surface area contributed by atoms with E-state index in [9.17, 15) is 4.79 Å². The minimum Gasteiger partial charge on any atom is -0.382 e. The maximum Gasteiger partial charge on any atom is 0.239 e. The number of rotatable bonds is 7. The molecular formula is C16H22N4O. The lowest BCUT2D eigenvalue weighted by Crippen LogP contribution is -2.19. The molecule has 1 atom stereocenters. The molecule has 5 nitrogen and oxygen atoms in total. The molecule has 0 bridgehead atoms. The second-order valence-corrected chi connectivity index (χ2v) is 5.53. The fourth-order valence-corrected chi connectivity index (χ4v) is 2.37. The maximum absolute atomic E-state index is 10.9. The van der Waals surface area contributed by atoms with Gasteiger partial charge in [0.05, 0.1) is 11.9 Å². The Hall–Kier alpha value is -2.30. The van der Waals surface area contributed by atoms with Crippen LogP contribution in [-0.2, 0) is 11.3 Å². The molecule has 21 heavy (non-hydrogen) atoms. The molecule has 112 valence electrons. The summed E-state index contributed by atoms with van der Waals surface area (Å²) in [7, 11) is 0. The summed E-state index contributed by atoms with van der Waals surface area (Å²) < 4.78 is 1.54. The number of hydrogen-bond donors (Lipinski definition) is 2. The number of amides is 1. The van der Waals surface area contributed by atoms with Gasteiger partial charge in [-0.3, -0.25) is 9.48 Å². The van der Waals surface area contributed by atoms with Gasteiger partial charge in [0.2, 0.25) is 5.91 Å². The molecule has 0 aliphatic heterocycles. The molecule has 1 heterocycles. The molecule has 0 aliphatic carbocycles. The number of nitrogens with zero attached hydrogens (tertiary/aromatic N) is 2. The van der Waals surface area contributed by atoms with Crippen LogP contribution in [0.15, 0.2) is 42.7 Å². The third-order valence-corrected chi connectivity index (χ3v) is 3.51. The molecule has 0 fully saturated rings. The van der Waals surface area contributed by atoms with E-state index >= 15 is 0 Å². The number of anilines is 1. The summed E-state index contributed by atoms with van der Waals surface area (Å²) in [6.07, 6.45) is 3.51. The van der Waals surface area contributed by atoms with Crippen LogP contribution in [0.5, 0.6) is 0 Å². The summed E-state index contributed by atoms with van der Waals surface area (Å²) in [6, 6.07) is 10.5. The summed E-state index contributed by atoms with van der Waals surface area (Å²) >= 11 is 0. The van der Waals surface area contributed by atoms with Gasteiger partial charge in [-0.05, 0) is 11.5 Å². The van der Waals surface area contributed by atoms with Gasteiger partial charge in [0, 0.05) is 18.7 Å². The van der Waals surface area contributed by atoms with Crippen molar-refractivity contribution in [3.8, 4) is 0 Å². The number of aromatic nitrogens is 2. The van der Waals surface area contributed by atoms with Crippen molar-refractivity contribution in [3.05, 3.63) is 48.3 Å². The van der Waals surface area contributed by atoms with E-state index in [-0.39, 0.29) is 6.54 Å². The number of carbonyl (C=O) groups excluding carboxylic acids is 1. The van der Waals surface area contributed by atoms with Crippen molar-refractivity contribution < 1.29 is 4.79 Å². The molecule has 1 amide bonds. The first-order valence-corrected chi connectivity index (χ1v) is 7.16. The lowest BCUT2D eigenvalue weighted by molar-refractivity contribution is -0.118. The molecule has 0 spiro atoms. The van der Waals surface area contributed by atoms with Gasteiger partial charge >= 0.3 is 0 Å². The predicted octanol–water partition coefficient (Wildman–Crippen LogP) is 2.22. The van der Waals surface area contributed by atoms with Crippen LogP contribution in [0.1, 0.15) is 25.3 Å². The minimum absolute atomic E-state index is 0.105. The fourth-order valence-electron chi connectivity index (χ4n) is 2.37. The Morgan fingerprint density at radius 2 is 2.05 bits per heavy atom. The summed E-state index contributed by atoms with van der Waals surface area (Å²) in [5.74, 6) is 0.556. The van der Waals surface area contributed by atoms with Gasteiger partial charge in [-0.2, -0.15) is 5.10 Å². The largest absolute Gasteiger partial charge is 0.382 e. The third kappa shape index (κ3) is 4.34. The summed E-state index contributed by atoms with van der Waals surface area (Å²) in [6.45, 7) is 5.36. The lowest BCUT2D eigenvalue weighted by atomic mass is 9.88. The van der Waals surface area contributed by atoms with Gasteiger partial charge in [-0.15, -0.1) is 0 Å². The van der Waals surface area contributed by atoms with E-state index < -0.39 is 5.91 Å². The van der Waals surface area contributed by atoms with E-state index in [1.54, 1.807) is 12.4 Å². The maximum atomic E-state index is 10.9. The molecule has 2 aromatic rings. The van der Waals surface area contributed by atoms with Gasteiger partial charge in [0.25, 0.3) is 0 Å². The first kappa shape index (κ1) is 15.1. The van der Waals surface area contributed by atoms with E-state index in [0.29, 0.717) is 11.8 Å². The standard InChI is InChI=1S/C16H22N4O/c1-12(2)15(13-6-4-3-5-7-13)9-18-14-8-19-20(10-14)11-16(17)21/h3-8,10,12,15,18H,9,11H2,1-2H3,(H2,17,21). The van der Waals surface area contributed by atoms with Crippen molar-refractivity contribution in [2.75, 3.05) is 11.9 Å². The summed E-state index contributed by atoms with van der Waals surface area (Å²) in [5, 5.41) is 7.49. The van der Waals surface area contributed by atoms with E-state index in [1.807, 2.05) is 6.07 Å². The van der Waals surface area contributed by atoms with Gasteiger partial charge in [-0.1, -0.05) is 44.2 Å². The van der Waals surface area contributed by atoms with Crippen LogP contribution in [0.2, 0.25) is 0 Å². The number of carbonyl (C=O) groups is 1.